The average molecular weight is 175 g/mol. The van der Waals surface area contributed by atoms with Crippen LogP contribution >= 0.6 is 0 Å². The summed E-state index contributed by atoms with van der Waals surface area (Å²) in [6.07, 6.45) is 1.15. The maximum atomic E-state index is 10.4. The molecule has 0 aromatic carbocycles. The molecule has 0 fully saturated rings. The van der Waals surface area contributed by atoms with Crippen molar-refractivity contribution in [2.45, 2.75) is 0 Å². The van der Waals surface area contributed by atoms with Gasteiger partial charge in [-0.3, -0.25) is 0 Å². The molecule has 0 radical (unpaired) electrons. The Hall–Kier alpha value is -1.31. The fourth-order valence-electron chi connectivity index (χ4n) is 0.681. The fourth-order valence-corrected chi connectivity index (χ4v) is 0.681. The van der Waals surface area contributed by atoms with E-state index in [1.54, 1.807) is 0 Å². The Morgan fingerprint density at radius 1 is 1.23 bits per heavy atom. The Bertz CT molecular complexity index is 310. The van der Waals surface area contributed by atoms with Crippen LogP contribution in [0.5, 0.6) is 0 Å². The number of carboxylic acid groups (broad SMARTS) is 2. The van der Waals surface area contributed by atoms with Crippen LogP contribution in [0, 0.1) is 0 Å². The van der Waals surface area contributed by atoms with Gasteiger partial charge in [-0.15, -0.1) is 0 Å². The summed E-state index contributed by atoms with van der Waals surface area (Å²) in [5.74, 6) is -2.40. The van der Waals surface area contributed by atoms with Gasteiger partial charge in [0.25, 0.3) is 0 Å². The molecule has 6 heteroatoms. The Labute approximate surface area is 85.6 Å². The summed E-state index contributed by atoms with van der Waals surface area (Å²) in [6, 6.07) is 2.24. The van der Waals surface area contributed by atoms with E-state index in [1.165, 1.54) is 6.07 Å². The van der Waals surface area contributed by atoms with Gasteiger partial charge < -0.3 is 10.2 Å². The maximum absolute atomic E-state index is 10.4. The van der Waals surface area contributed by atoms with E-state index in [0.29, 0.717) is 0 Å². The van der Waals surface area contributed by atoms with Gasteiger partial charge in [-0.25, -0.2) is 14.6 Å². The van der Waals surface area contributed by atoms with Gasteiger partial charge in [-0.05, 0) is 12.1 Å². The molecule has 5 nitrogen and oxygen atoms in total. The average Bonchev–Trinajstić information content (AvgIpc) is 2.04. The molecule has 0 unspecified atom stereocenters. The number of nitrogens with zero attached hydrogens (tertiary/aromatic N) is 1. The van der Waals surface area contributed by atoms with Crippen molar-refractivity contribution in [3.05, 3.63) is 29.6 Å². The Kier molecular flexibility index (Phi) is 4.18. The van der Waals surface area contributed by atoms with Gasteiger partial charge >= 0.3 is 30.8 Å². The molecule has 1 heterocycles. The Balaban J connectivity index is 0.00000144. The third-order valence-electron chi connectivity index (χ3n) is 1.23. The molecule has 2 N–H and O–H groups in total. The van der Waals surface area contributed by atoms with Gasteiger partial charge in [-0.1, -0.05) is 0 Å². The molecule has 0 aliphatic carbocycles. The first-order valence-corrected chi connectivity index (χ1v) is 3.04. The second kappa shape index (κ2) is 4.65. The first-order valence-electron chi connectivity index (χ1n) is 3.04. The first kappa shape index (κ1) is 11.7. The quantitative estimate of drug-likeness (QED) is 0.609. The van der Waals surface area contributed by atoms with Crippen LogP contribution in [0.2, 0.25) is 0 Å². The van der Waals surface area contributed by atoms with Crippen molar-refractivity contribution in [1.29, 1.82) is 0 Å². The second-order valence-corrected chi connectivity index (χ2v) is 2.04. The molecule has 0 saturated heterocycles. The third kappa shape index (κ3) is 2.90. The molecule has 1 aromatic rings. The SMILES string of the molecule is O=C(O)c1ccnc(C(=O)O)c1.[LiH]. The Morgan fingerprint density at radius 3 is 2.31 bits per heavy atom. The van der Waals surface area contributed by atoms with E-state index in [9.17, 15) is 9.59 Å². The summed E-state index contributed by atoms with van der Waals surface area (Å²) in [6.45, 7) is 0. The number of carboxylic acids is 2. The number of rotatable bonds is 2. The first-order chi connectivity index (χ1) is 5.61. The van der Waals surface area contributed by atoms with Crippen molar-refractivity contribution < 1.29 is 19.8 Å². The van der Waals surface area contributed by atoms with E-state index in [0.717, 1.165) is 12.3 Å². The molecule has 0 aliphatic rings. The van der Waals surface area contributed by atoms with E-state index in [1.807, 2.05) is 0 Å². The van der Waals surface area contributed by atoms with Gasteiger partial charge in [0, 0.05) is 6.20 Å². The second-order valence-electron chi connectivity index (χ2n) is 2.04. The van der Waals surface area contributed by atoms with Crippen molar-refractivity contribution in [1.82, 2.24) is 4.98 Å². The normalized spacial score (nSPS) is 8.62. The van der Waals surface area contributed by atoms with Crippen molar-refractivity contribution in [2.24, 2.45) is 0 Å². The van der Waals surface area contributed by atoms with E-state index >= 15 is 0 Å². The summed E-state index contributed by atoms with van der Waals surface area (Å²) in [5.41, 5.74) is -0.350. The van der Waals surface area contributed by atoms with Gasteiger partial charge in [0.15, 0.2) is 0 Å². The molecule has 0 spiro atoms. The number of hydrogen-bond acceptors (Lipinski definition) is 3. The molecule has 0 aliphatic heterocycles. The molecule has 1 rings (SSSR count). The number of aromatic carboxylic acids is 2. The molecule has 64 valence electrons. The molecular weight excluding hydrogens is 169 g/mol. The van der Waals surface area contributed by atoms with Crippen LogP contribution < -0.4 is 0 Å². The number of pyridine rings is 1. The molecule has 1 aromatic heterocycles. The number of aromatic nitrogens is 1. The zero-order valence-corrected chi connectivity index (χ0v) is 5.89. The molecule has 0 atom stereocenters. The monoisotopic (exact) mass is 175 g/mol. The predicted molar refractivity (Wildman–Crippen MR) is 45.3 cm³/mol. The van der Waals surface area contributed by atoms with Gasteiger partial charge in [-0.2, -0.15) is 0 Å². The van der Waals surface area contributed by atoms with Crippen molar-refractivity contribution in [2.75, 3.05) is 0 Å². The predicted octanol–water partition coefficient (Wildman–Crippen LogP) is -0.171. The standard InChI is InChI=1S/C7H5NO4.Li.H/c9-6(10)4-1-2-8-5(3-4)7(11)12;;/h1-3H,(H,9,10)(H,11,12);;. The van der Waals surface area contributed by atoms with Gasteiger partial charge in [0.2, 0.25) is 0 Å². The van der Waals surface area contributed by atoms with Crippen LogP contribution in [-0.2, 0) is 0 Å². The minimum absolute atomic E-state index is 0. The summed E-state index contributed by atoms with van der Waals surface area (Å²) in [5, 5.41) is 16.9. The van der Waals surface area contributed by atoms with Crippen LogP contribution in [0.3, 0.4) is 0 Å². The van der Waals surface area contributed by atoms with E-state index in [2.05, 4.69) is 4.98 Å². The van der Waals surface area contributed by atoms with Crippen molar-refractivity contribution in [3.63, 3.8) is 0 Å². The van der Waals surface area contributed by atoms with Crippen LogP contribution in [0.4, 0.5) is 0 Å². The zero-order valence-electron chi connectivity index (χ0n) is 5.89. The van der Waals surface area contributed by atoms with Crippen LogP contribution in [0.1, 0.15) is 20.8 Å². The zero-order chi connectivity index (χ0) is 9.14. The molecule has 0 saturated carbocycles. The van der Waals surface area contributed by atoms with E-state index in [-0.39, 0.29) is 30.1 Å². The minimum atomic E-state index is -1.24. The van der Waals surface area contributed by atoms with Crippen molar-refractivity contribution >= 4 is 30.8 Å². The molecule has 0 amide bonds. The van der Waals surface area contributed by atoms with Gasteiger partial charge in [0.1, 0.15) is 5.69 Å². The summed E-state index contributed by atoms with van der Waals surface area (Å²) in [7, 11) is 0. The topological polar surface area (TPSA) is 87.5 Å². The van der Waals surface area contributed by atoms with E-state index < -0.39 is 11.9 Å². The third-order valence-corrected chi connectivity index (χ3v) is 1.23. The van der Waals surface area contributed by atoms with Crippen LogP contribution in [0.25, 0.3) is 0 Å². The fraction of sp³-hybridized carbons (Fsp3) is 0. The number of hydrogen-bond donors (Lipinski definition) is 2. The number of carbonyl (C=O) groups is 2. The summed E-state index contributed by atoms with van der Waals surface area (Å²) < 4.78 is 0. The van der Waals surface area contributed by atoms with Crippen molar-refractivity contribution in [3.8, 4) is 0 Å². The van der Waals surface area contributed by atoms with Crippen LogP contribution in [-0.4, -0.2) is 46.0 Å². The molecular formula is C7H6LiNO4. The summed E-state index contributed by atoms with van der Waals surface area (Å²) in [4.78, 5) is 24.1. The van der Waals surface area contributed by atoms with Gasteiger partial charge in [0.05, 0.1) is 5.56 Å². The molecule has 13 heavy (non-hydrogen) atoms. The van der Waals surface area contributed by atoms with Crippen LogP contribution in [0.15, 0.2) is 18.3 Å². The summed E-state index contributed by atoms with van der Waals surface area (Å²) >= 11 is 0. The van der Waals surface area contributed by atoms with E-state index in [4.69, 9.17) is 10.2 Å². The molecule has 0 bridgehead atoms. The Morgan fingerprint density at radius 2 is 1.85 bits per heavy atom.